The topological polar surface area (TPSA) is 83.7 Å². The molecule has 6 nitrogen and oxygen atoms in total. The van der Waals surface area contributed by atoms with Gasteiger partial charge in [0.25, 0.3) is 5.91 Å². The van der Waals surface area contributed by atoms with E-state index in [2.05, 4.69) is 0 Å². The lowest BCUT2D eigenvalue weighted by Gasteiger charge is -2.16. The minimum atomic E-state index is -0.793. The van der Waals surface area contributed by atoms with E-state index in [1.807, 2.05) is 0 Å². The van der Waals surface area contributed by atoms with Crippen molar-refractivity contribution in [2.45, 2.75) is 12.8 Å². The maximum Gasteiger partial charge on any atom is 0.329 e. The highest BCUT2D eigenvalue weighted by atomic mass is 35.5. The molecule has 0 atom stereocenters. The summed E-state index contributed by atoms with van der Waals surface area (Å²) < 4.78 is 0. The van der Waals surface area contributed by atoms with Gasteiger partial charge in [0.05, 0.1) is 10.5 Å². The minimum absolute atomic E-state index is 0.0584. The molecule has 1 aromatic carbocycles. The average Bonchev–Trinajstić information content (AvgIpc) is 2.81. The highest BCUT2D eigenvalue weighted by Gasteiger charge is 2.28. The van der Waals surface area contributed by atoms with E-state index >= 15 is 0 Å². The molecule has 1 amide bonds. The van der Waals surface area contributed by atoms with Crippen molar-refractivity contribution in [1.82, 2.24) is 4.90 Å². The van der Waals surface area contributed by atoms with Crippen LogP contribution in [-0.4, -0.2) is 33.9 Å². The summed E-state index contributed by atoms with van der Waals surface area (Å²) in [6.07, 6.45) is 1.84. The predicted octanol–water partition coefficient (Wildman–Crippen LogP) is 2.19. The summed E-state index contributed by atoms with van der Waals surface area (Å²) in [5.41, 5.74) is -0.565. The van der Waals surface area contributed by atoms with E-state index in [-0.39, 0.29) is 16.5 Å². The van der Waals surface area contributed by atoms with E-state index in [4.69, 9.17) is 11.6 Å². The van der Waals surface area contributed by atoms with Crippen LogP contribution in [0.15, 0.2) is 12.1 Å². The molecule has 0 aliphatic carbocycles. The Balaban J connectivity index is 2.42. The number of aromatic hydroxyl groups is 1. The van der Waals surface area contributed by atoms with E-state index < -0.39 is 16.4 Å². The molecule has 0 saturated carbocycles. The molecule has 0 unspecified atom stereocenters. The molecule has 0 aromatic heterocycles. The molecule has 0 radical (unpaired) electrons. The summed E-state index contributed by atoms with van der Waals surface area (Å²) in [7, 11) is 0. The van der Waals surface area contributed by atoms with Crippen molar-refractivity contribution in [2.24, 2.45) is 0 Å². The summed E-state index contributed by atoms with van der Waals surface area (Å²) in [5.74, 6) is -0.872. The molecule has 1 fully saturated rings. The monoisotopic (exact) mass is 270 g/mol. The lowest BCUT2D eigenvalue weighted by atomic mass is 10.1. The molecule has 0 bridgehead atoms. The standard InChI is InChI=1S/C11H11ClN2O4/c12-9-7(11(16)13-5-1-2-6-13)3-4-8(15)10(9)14(17)18/h3-4,15H,1-2,5-6H2. The van der Waals surface area contributed by atoms with Crippen LogP contribution in [-0.2, 0) is 0 Å². The van der Waals surface area contributed by atoms with Crippen LogP contribution >= 0.6 is 11.6 Å². The van der Waals surface area contributed by atoms with Crippen LogP contribution in [0.2, 0.25) is 5.02 Å². The van der Waals surface area contributed by atoms with Crippen molar-refractivity contribution in [3.8, 4) is 5.75 Å². The van der Waals surface area contributed by atoms with E-state index in [9.17, 15) is 20.0 Å². The van der Waals surface area contributed by atoms with E-state index in [0.717, 1.165) is 18.9 Å². The Labute approximate surface area is 108 Å². The maximum absolute atomic E-state index is 12.1. The molecule has 2 rings (SSSR count). The highest BCUT2D eigenvalue weighted by Crippen LogP contribution is 2.36. The summed E-state index contributed by atoms with van der Waals surface area (Å²) in [6.45, 7) is 1.26. The number of hydrogen-bond donors (Lipinski definition) is 1. The molecule has 7 heteroatoms. The zero-order valence-corrected chi connectivity index (χ0v) is 10.2. The second kappa shape index (κ2) is 4.81. The smallest absolute Gasteiger partial charge is 0.329 e. The number of halogens is 1. The molecular formula is C11H11ClN2O4. The van der Waals surface area contributed by atoms with Crippen molar-refractivity contribution in [2.75, 3.05) is 13.1 Å². The van der Waals surface area contributed by atoms with Gasteiger partial charge in [0.2, 0.25) is 0 Å². The Hall–Kier alpha value is -1.82. The number of phenols is 1. The Bertz CT molecular complexity index is 512. The third-order valence-electron chi connectivity index (χ3n) is 2.90. The number of nitro benzene ring substituents is 1. The quantitative estimate of drug-likeness (QED) is 0.659. The fourth-order valence-electron chi connectivity index (χ4n) is 1.98. The van der Waals surface area contributed by atoms with Crippen molar-refractivity contribution in [3.05, 3.63) is 32.8 Å². The van der Waals surface area contributed by atoms with E-state index in [1.165, 1.54) is 6.07 Å². The zero-order chi connectivity index (χ0) is 13.3. The van der Waals surface area contributed by atoms with Crippen molar-refractivity contribution < 1.29 is 14.8 Å². The molecule has 18 heavy (non-hydrogen) atoms. The van der Waals surface area contributed by atoms with Crippen LogP contribution in [0.25, 0.3) is 0 Å². The number of carbonyl (C=O) groups is 1. The second-order valence-electron chi connectivity index (χ2n) is 4.05. The SMILES string of the molecule is O=C(c1ccc(O)c([N+](=O)[O-])c1Cl)N1CCCC1. The lowest BCUT2D eigenvalue weighted by molar-refractivity contribution is -0.385. The van der Waals surface area contributed by atoms with Crippen LogP contribution < -0.4 is 0 Å². The lowest BCUT2D eigenvalue weighted by Crippen LogP contribution is -2.27. The average molecular weight is 271 g/mol. The van der Waals surface area contributed by atoms with Gasteiger partial charge in [-0.1, -0.05) is 11.6 Å². The van der Waals surface area contributed by atoms with Crippen LogP contribution in [0, 0.1) is 10.1 Å². The first kappa shape index (κ1) is 12.6. The van der Waals surface area contributed by atoms with E-state index in [0.29, 0.717) is 13.1 Å². The molecule has 1 N–H and O–H groups in total. The summed E-state index contributed by atoms with van der Waals surface area (Å²) in [5, 5.41) is 19.8. The molecule has 1 aliphatic heterocycles. The summed E-state index contributed by atoms with van der Waals surface area (Å²) in [4.78, 5) is 23.7. The third-order valence-corrected chi connectivity index (χ3v) is 3.28. The van der Waals surface area contributed by atoms with Gasteiger partial charge in [-0.3, -0.25) is 14.9 Å². The molecular weight excluding hydrogens is 260 g/mol. The first-order valence-corrected chi connectivity index (χ1v) is 5.85. The number of rotatable bonds is 2. The second-order valence-corrected chi connectivity index (χ2v) is 4.43. The Morgan fingerprint density at radius 1 is 1.39 bits per heavy atom. The number of benzene rings is 1. The van der Waals surface area contributed by atoms with Crippen LogP contribution in [0.4, 0.5) is 5.69 Å². The molecule has 96 valence electrons. The number of likely N-dealkylation sites (tertiary alicyclic amines) is 1. The van der Waals surface area contributed by atoms with Gasteiger partial charge in [-0.05, 0) is 25.0 Å². The molecule has 1 aliphatic rings. The molecule has 0 spiro atoms. The van der Waals surface area contributed by atoms with Crippen LogP contribution in [0.3, 0.4) is 0 Å². The number of phenolic OH excluding ortho intramolecular Hbond substituents is 1. The normalized spacial score (nSPS) is 14.8. The van der Waals surface area contributed by atoms with Crippen molar-refractivity contribution in [3.63, 3.8) is 0 Å². The van der Waals surface area contributed by atoms with Gasteiger partial charge < -0.3 is 10.0 Å². The summed E-state index contributed by atoms with van der Waals surface area (Å²) in [6, 6.07) is 2.43. The molecule has 1 heterocycles. The van der Waals surface area contributed by atoms with Crippen LogP contribution in [0.5, 0.6) is 5.75 Å². The van der Waals surface area contributed by atoms with Gasteiger partial charge in [0, 0.05) is 13.1 Å². The fourth-order valence-corrected chi connectivity index (χ4v) is 2.29. The highest BCUT2D eigenvalue weighted by molar-refractivity contribution is 6.36. The van der Waals surface area contributed by atoms with Crippen molar-refractivity contribution >= 4 is 23.2 Å². The molecule has 1 aromatic rings. The van der Waals surface area contributed by atoms with Crippen molar-refractivity contribution in [1.29, 1.82) is 0 Å². The summed E-state index contributed by atoms with van der Waals surface area (Å²) >= 11 is 5.83. The first-order valence-electron chi connectivity index (χ1n) is 5.47. The third kappa shape index (κ3) is 2.11. The Morgan fingerprint density at radius 3 is 2.56 bits per heavy atom. The first-order chi connectivity index (χ1) is 8.52. The number of nitro groups is 1. The van der Waals surface area contributed by atoms with E-state index in [1.54, 1.807) is 4.90 Å². The van der Waals surface area contributed by atoms with Gasteiger partial charge in [-0.2, -0.15) is 0 Å². The van der Waals surface area contributed by atoms with Gasteiger partial charge in [0.15, 0.2) is 5.75 Å². The van der Waals surface area contributed by atoms with Gasteiger partial charge in [0.1, 0.15) is 5.02 Å². The number of amides is 1. The minimum Gasteiger partial charge on any atom is -0.502 e. The van der Waals surface area contributed by atoms with Gasteiger partial charge in [-0.25, -0.2) is 0 Å². The fraction of sp³-hybridized carbons (Fsp3) is 0.364. The number of hydrogen-bond acceptors (Lipinski definition) is 4. The van der Waals surface area contributed by atoms with Crippen LogP contribution in [0.1, 0.15) is 23.2 Å². The number of carbonyl (C=O) groups excluding carboxylic acids is 1. The molecule has 1 saturated heterocycles. The Morgan fingerprint density at radius 2 is 2.00 bits per heavy atom. The maximum atomic E-state index is 12.1. The predicted molar refractivity (Wildman–Crippen MR) is 64.9 cm³/mol. The largest absolute Gasteiger partial charge is 0.502 e. The zero-order valence-electron chi connectivity index (χ0n) is 9.43. The Kier molecular flexibility index (Phi) is 3.38. The van der Waals surface area contributed by atoms with Gasteiger partial charge in [-0.15, -0.1) is 0 Å². The number of nitrogens with zero attached hydrogens (tertiary/aromatic N) is 2. The van der Waals surface area contributed by atoms with Gasteiger partial charge >= 0.3 is 5.69 Å².